The standard InChI is InChI=1S/C24H19N5O.C17H15IN4O/c1-25-22-11-5-4-10-20(22)21-14-17(23-26-12-7-13-27-23)16-29(24(21)30)19-9-6-8-18(15-19)28(2)3;1-21(2)13-5-3-6-14(10-13)22-11-12(9-15(18)17(22)23)16-19-7-4-8-20-16/h4-16H,2-3H3;3-11H,1-2H3. The zero-order chi connectivity index (χ0) is 37.5. The number of halogens is 1. The number of aromatic nitrogens is 6. The monoisotopic (exact) mass is 811 g/mol. The van der Waals surface area contributed by atoms with Crippen LogP contribution in [0.1, 0.15) is 0 Å². The van der Waals surface area contributed by atoms with Crippen LogP contribution in [0, 0.1) is 10.1 Å². The Balaban J connectivity index is 0.000000188. The molecule has 0 radical (unpaired) electrons. The molecule has 0 aliphatic carbocycles. The maximum absolute atomic E-state index is 13.5. The number of nitrogens with zero attached hydrogens (tertiary/aromatic N) is 9. The molecular formula is C41H34IN9O2. The lowest BCUT2D eigenvalue weighted by molar-refractivity contribution is 0.972. The quantitative estimate of drug-likeness (QED) is 0.120. The fraction of sp³-hybridized carbons (Fsp3) is 0.0976. The molecule has 7 aromatic rings. The molecule has 4 heterocycles. The van der Waals surface area contributed by atoms with Crippen LogP contribution in [-0.4, -0.2) is 57.3 Å². The van der Waals surface area contributed by atoms with Gasteiger partial charge in [-0.3, -0.25) is 18.7 Å². The highest BCUT2D eigenvalue weighted by atomic mass is 127. The summed E-state index contributed by atoms with van der Waals surface area (Å²) in [6, 6.07) is 29.8. The summed E-state index contributed by atoms with van der Waals surface area (Å²) in [4.78, 5) is 50.8. The van der Waals surface area contributed by atoms with Crippen molar-refractivity contribution in [3.05, 3.63) is 170 Å². The van der Waals surface area contributed by atoms with Gasteiger partial charge in [-0.2, -0.15) is 0 Å². The van der Waals surface area contributed by atoms with E-state index in [1.807, 2.05) is 98.7 Å². The molecule has 3 aromatic carbocycles. The molecule has 12 heteroatoms. The molecule has 262 valence electrons. The average molecular weight is 812 g/mol. The fourth-order valence-corrected chi connectivity index (χ4v) is 6.08. The molecule has 0 unspecified atom stereocenters. The Morgan fingerprint density at radius 1 is 0.585 bits per heavy atom. The second-order valence-corrected chi connectivity index (χ2v) is 13.3. The van der Waals surface area contributed by atoms with Gasteiger partial charge in [0.25, 0.3) is 11.1 Å². The Labute approximate surface area is 320 Å². The second kappa shape index (κ2) is 16.3. The zero-order valence-corrected chi connectivity index (χ0v) is 31.6. The van der Waals surface area contributed by atoms with Gasteiger partial charge in [0.1, 0.15) is 0 Å². The highest BCUT2D eigenvalue weighted by molar-refractivity contribution is 14.1. The van der Waals surface area contributed by atoms with E-state index in [-0.39, 0.29) is 11.1 Å². The summed E-state index contributed by atoms with van der Waals surface area (Å²) < 4.78 is 3.86. The molecule has 0 saturated heterocycles. The van der Waals surface area contributed by atoms with Crippen molar-refractivity contribution < 1.29 is 0 Å². The molecular weight excluding hydrogens is 777 g/mol. The third-order valence-electron chi connectivity index (χ3n) is 8.20. The molecule has 0 aliphatic rings. The molecule has 11 nitrogen and oxygen atoms in total. The van der Waals surface area contributed by atoms with Gasteiger partial charge in [0.15, 0.2) is 17.3 Å². The molecule has 7 rings (SSSR count). The van der Waals surface area contributed by atoms with Crippen LogP contribution in [-0.2, 0) is 0 Å². The first-order valence-corrected chi connectivity index (χ1v) is 17.5. The van der Waals surface area contributed by atoms with E-state index in [1.54, 1.807) is 82.7 Å². The van der Waals surface area contributed by atoms with Gasteiger partial charge in [0.2, 0.25) is 0 Å². The summed E-state index contributed by atoms with van der Waals surface area (Å²) in [6.07, 6.45) is 10.2. The average Bonchev–Trinajstić information content (AvgIpc) is 3.20. The molecule has 0 saturated carbocycles. The van der Waals surface area contributed by atoms with Crippen LogP contribution in [0.3, 0.4) is 0 Å². The first-order chi connectivity index (χ1) is 25.6. The van der Waals surface area contributed by atoms with Crippen molar-refractivity contribution in [2.24, 2.45) is 0 Å². The topological polar surface area (TPSA) is 106 Å². The lowest BCUT2D eigenvalue weighted by Crippen LogP contribution is -2.21. The van der Waals surface area contributed by atoms with E-state index in [1.165, 1.54) is 0 Å². The molecule has 0 amide bonds. The molecule has 4 aromatic heterocycles. The van der Waals surface area contributed by atoms with Crippen LogP contribution in [0.4, 0.5) is 17.1 Å². The van der Waals surface area contributed by atoms with Crippen molar-refractivity contribution in [2.75, 3.05) is 38.0 Å². The largest absolute Gasteiger partial charge is 0.378 e. The van der Waals surface area contributed by atoms with Gasteiger partial charge in [-0.1, -0.05) is 36.4 Å². The van der Waals surface area contributed by atoms with Crippen LogP contribution < -0.4 is 20.9 Å². The number of hydrogen-bond acceptors (Lipinski definition) is 8. The number of para-hydroxylation sites is 1. The summed E-state index contributed by atoms with van der Waals surface area (Å²) in [5.74, 6) is 1.11. The number of hydrogen-bond donors (Lipinski definition) is 0. The number of rotatable bonds is 7. The number of pyridine rings is 2. The van der Waals surface area contributed by atoms with Crippen LogP contribution in [0.5, 0.6) is 0 Å². The first-order valence-electron chi connectivity index (χ1n) is 16.4. The maximum Gasteiger partial charge on any atom is 0.268 e. The minimum absolute atomic E-state index is 0.0545. The van der Waals surface area contributed by atoms with Crippen molar-refractivity contribution in [2.45, 2.75) is 0 Å². The van der Waals surface area contributed by atoms with Gasteiger partial charge in [-0.15, -0.1) is 0 Å². The third kappa shape index (κ3) is 8.21. The zero-order valence-electron chi connectivity index (χ0n) is 29.4. The Bertz CT molecular complexity index is 2550. The van der Waals surface area contributed by atoms with Crippen LogP contribution in [0.2, 0.25) is 0 Å². The van der Waals surface area contributed by atoms with Gasteiger partial charge < -0.3 is 9.80 Å². The predicted molar refractivity (Wildman–Crippen MR) is 219 cm³/mol. The molecule has 0 spiro atoms. The lowest BCUT2D eigenvalue weighted by atomic mass is 10.0. The smallest absolute Gasteiger partial charge is 0.268 e. The normalized spacial score (nSPS) is 10.5. The van der Waals surface area contributed by atoms with Crippen molar-refractivity contribution in [3.8, 4) is 45.3 Å². The van der Waals surface area contributed by atoms with Crippen molar-refractivity contribution in [1.82, 2.24) is 29.1 Å². The van der Waals surface area contributed by atoms with Crippen LogP contribution in [0.15, 0.2) is 144 Å². The Morgan fingerprint density at radius 2 is 1.08 bits per heavy atom. The lowest BCUT2D eigenvalue weighted by Gasteiger charge is -2.16. The highest BCUT2D eigenvalue weighted by Crippen LogP contribution is 2.31. The van der Waals surface area contributed by atoms with Gasteiger partial charge >= 0.3 is 0 Å². The Kier molecular flexibility index (Phi) is 11.1. The van der Waals surface area contributed by atoms with E-state index in [0.717, 1.165) is 28.3 Å². The van der Waals surface area contributed by atoms with Gasteiger partial charge in [0, 0.05) is 93.4 Å². The number of anilines is 2. The molecule has 0 atom stereocenters. The van der Waals surface area contributed by atoms with Crippen LogP contribution in [0.25, 0.3) is 50.1 Å². The summed E-state index contributed by atoms with van der Waals surface area (Å²) in [5.41, 5.74) is 6.24. The minimum Gasteiger partial charge on any atom is -0.378 e. The van der Waals surface area contributed by atoms with Crippen LogP contribution >= 0.6 is 22.6 Å². The van der Waals surface area contributed by atoms with Crippen molar-refractivity contribution in [1.29, 1.82) is 0 Å². The second-order valence-electron chi connectivity index (χ2n) is 12.2. The Hall–Kier alpha value is -6.46. The van der Waals surface area contributed by atoms with E-state index in [4.69, 9.17) is 6.57 Å². The van der Waals surface area contributed by atoms with Gasteiger partial charge in [-0.25, -0.2) is 24.8 Å². The SMILES string of the molecule is CN(C)c1cccc(-n2cc(-c3ncccn3)cc(I)c2=O)c1.[C-]#[N+]c1ccccc1-c1cc(-c2ncccn2)cn(-c2cccc(N(C)C)c2)c1=O. The first kappa shape index (κ1) is 36.3. The van der Waals surface area contributed by atoms with E-state index < -0.39 is 0 Å². The third-order valence-corrected chi connectivity index (χ3v) is 8.97. The molecule has 53 heavy (non-hydrogen) atoms. The minimum atomic E-state index is -0.207. The van der Waals surface area contributed by atoms with Gasteiger partial charge in [0.05, 0.1) is 21.5 Å². The highest BCUT2D eigenvalue weighted by Gasteiger charge is 2.16. The maximum atomic E-state index is 13.5. The fourth-order valence-electron chi connectivity index (χ4n) is 5.49. The van der Waals surface area contributed by atoms with Crippen molar-refractivity contribution >= 4 is 39.7 Å². The van der Waals surface area contributed by atoms with E-state index in [2.05, 4.69) is 47.4 Å². The summed E-state index contributed by atoms with van der Waals surface area (Å²) >= 11 is 2.05. The van der Waals surface area contributed by atoms with Crippen molar-refractivity contribution in [3.63, 3.8) is 0 Å². The molecule has 0 fully saturated rings. The number of benzene rings is 3. The van der Waals surface area contributed by atoms with Gasteiger partial charge in [-0.05, 0) is 88.8 Å². The Morgan fingerprint density at radius 3 is 1.58 bits per heavy atom. The summed E-state index contributed by atoms with van der Waals surface area (Å²) in [6.45, 7) is 7.50. The molecule has 0 aliphatic heterocycles. The van der Waals surface area contributed by atoms with E-state index in [9.17, 15) is 9.59 Å². The van der Waals surface area contributed by atoms with E-state index in [0.29, 0.717) is 37.6 Å². The molecule has 0 bridgehead atoms. The predicted octanol–water partition coefficient (Wildman–Crippen LogP) is 7.54. The molecule has 0 N–H and O–H groups in total. The van der Waals surface area contributed by atoms with E-state index >= 15 is 0 Å². The summed E-state index contributed by atoms with van der Waals surface area (Å²) in [7, 11) is 7.85. The summed E-state index contributed by atoms with van der Waals surface area (Å²) in [5, 5.41) is 0.